The Morgan fingerprint density at radius 3 is 2.33 bits per heavy atom. The van der Waals surface area contributed by atoms with Crippen LogP contribution in [0.3, 0.4) is 0 Å². The van der Waals surface area contributed by atoms with Crippen molar-refractivity contribution in [3.8, 4) is 17.0 Å². The number of nitrogens with zero attached hydrogens (tertiary/aromatic N) is 3. The van der Waals surface area contributed by atoms with E-state index in [4.69, 9.17) is 4.74 Å². The van der Waals surface area contributed by atoms with Crippen molar-refractivity contribution < 1.29 is 30.4 Å². The first-order valence-electron chi connectivity index (χ1n) is 9.89. The van der Waals surface area contributed by atoms with Crippen molar-refractivity contribution in [2.45, 2.75) is 4.90 Å². The van der Waals surface area contributed by atoms with E-state index in [0.717, 1.165) is 29.0 Å². The lowest BCUT2D eigenvalue weighted by Crippen LogP contribution is -2.22. The van der Waals surface area contributed by atoms with Gasteiger partial charge in [-0.3, -0.25) is 18.6 Å². The second kappa shape index (κ2) is 9.16. The number of fused-ring (bicyclic) bond motifs is 1. The molecule has 11 nitrogen and oxygen atoms in total. The summed E-state index contributed by atoms with van der Waals surface area (Å²) in [7, 11) is -6.98. The van der Waals surface area contributed by atoms with E-state index in [1.54, 1.807) is 6.07 Å². The van der Waals surface area contributed by atoms with Gasteiger partial charge in [0.05, 0.1) is 19.6 Å². The maximum absolute atomic E-state index is 14.1. The third kappa shape index (κ3) is 5.11. The Labute approximate surface area is 203 Å². The minimum absolute atomic E-state index is 0.135. The highest BCUT2D eigenvalue weighted by atomic mass is 32.2. The number of methoxy groups -OCH3 is 1. The van der Waals surface area contributed by atoms with Crippen molar-refractivity contribution in [3.63, 3.8) is 0 Å². The Balaban J connectivity index is 1.78. The van der Waals surface area contributed by atoms with Crippen LogP contribution < -0.4 is 19.7 Å². The highest BCUT2D eigenvalue weighted by Gasteiger charge is 2.22. The van der Waals surface area contributed by atoms with Crippen molar-refractivity contribution in [1.82, 2.24) is 14.4 Å². The predicted molar refractivity (Wildman–Crippen MR) is 127 cm³/mol. The van der Waals surface area contributed by atoms with Gasteiger partial charge in [-0.15, -0.1) is 0 Å². The van der Waals surface area contributed by atoms with Gasteiger partial charge in [-0.2, -0.15) is 0 Å². The maximum atomic E-state index is 14.1. The first kappa shape index (κ1) is 25.0. The molecule has 0 radical (unpaired) electrons. The van der Waals surface area contributed by atoms with Gasteiger partial charge in [0, 0.05) is 29.6 Å². The van der Waals surface area contributed by atoms with Gasteiger partial charge in [0.15, 0.2) is 0 Å². The Kier molecular flexibility index (Phi) is 6.36. The molecule has 3 aromatic heterocycles. The lowest BCUT2D eigenvalue weighted by atomic mass is 10.1. The molecule has 36 heavy (non-hydrogen) atoms. The molecule has 0 aliphatic rings. The molecule has 1 aromatic carbocycles. The van der Waals surface area contributed by atoms with Crippen LogP contribution in [-0.2, 0) is 20.0 Å². The van der Waals surface area contributed by atoms with E-state index in [1.807, 2.05) is 0 Å². The summed E-state index contributed by atoms with van der Waals surface area (Å²) in [6.45, 7) is 0. The summed E-state index contributed by atoms with van der Waals surface area (Å²) in [5.41, 5.74) is -0.195. The molecular formula is C21H17F2N5O6S2. The van der Waals surface area contributed by atoms with Gasteiger partial charge in [0.2, 0.25) is 15.9 Å². The molecule has 0 atom stereocenters. The zero-order chi connectivity index (χ0) is 26.3. The fourth-order valence-electron chi connectivity index (χ4n) is 3.26. The van der Waals surface area contributed by atoms with Crippen LogP contribution in [0.2, 0.25) is 0 Å². The first-order valence-corrected chi connectivity index (χ1v) is 13.3. The number of halogens is 2. The largest absolute Gasteiger partial charge is 0.480 e. The summed E-state index contributed by atoms with van der Waals surface area (Å²) in [4.78, 5) is 20.1. The number of ether oxygens (including phenoxy) is 1. The summed E-state index contributed by atoms with van der Waals surface area (Å²) in [5, 5.41) is 0. The van der Waals surface area contributed by atoms with Gasteiger partial charge >= 0.3 is 0 Å². The lowest BCUT2D eigenvalue weighted by molar-refractivity contribution is 0.400. The SMILES string of the molecule is COc1ncc(-c2ccc3ncc(NS(C)(=O)=O)c(=O)n3c2)cc1NS(=O)(=O)c1ccc(F)cc1F. The third-order valence-electron chi connectivity index (χ3n) is 4.80. The van der Waals surface area contributed by atoms with Crippen LogP contribution in [0.15, 0.2) is 64.7 Å². The monoisotopic (exact) mass is 537 g/mol. The van der Waals surface area contributed by atoms with Crippen LogP contribution in [0.4, 0.5) is 20.2 Å². The molecule has 0 saturated carbocycles. The van der Waals surface area contributed by atoms with E-state index in [9.17, 15) is 30.4 Å². The van der Waals surface area contributed by atoms with E-state index in [2.05, 4.69) is 19.4 Å². The molecule has 188 valence electrons. The highest BCUT2D eigenvalue weighted by Crippen LogP contribution is 2.30. The van der Waals surface area contributed by atoms with Gasteiger partial charge < -0.3 is 4.74 Å². The predicted octanol–water partition coefficient (Wildman–Crippen LogP) is 2.22. The Bertz CT molecular complexity index is 1780. The molecule has 2 N–H and O–H groups in total. The molecule has 0 amide bonds. The maximum Gasteiger partial charge on any atom is 0.282 e. The van der Waals surface area contributed by atoms with Crippen LogP contribution in [-0.4, -0.2) is 44.6 Å². The van der Waals surface area contributed by atoms with Crippen LogP contribution in [0.1, 0.15) is 0 Å². The molecular weight excluding hydrogens is 520 g/mol. The zero-order valence-corrected chi connectivity index (χ0v) is 20.2. The average molecular weight is 538 g/mol. The molecule has 0 aliphatic heterocycles. The Morgan fingerprint density at radius 1 is 0.917 bits per heavy atom. The van der Waals surface area contributed by atoms with Crippen molar-refractivity contribution in [3.05, 3.63) is 77.0 Å². The molecule has 0 bridgehead atoms. The number of hydrogen-bond acceptors (Lipinski definition) is 8. The van der Waals surface area contributed by atoms with E-state index >= 15 is 0 Å². The van der Waals surface area contributed by atoms with Gasteiger partial charge in [0.25, 0.3) is 15.6 Å². The van der Waals surface area contributed by atoms with E-state index < -0.39 is 42.1 Å². The third-order valence-corrected chi connectivity index (χ3v) is 6.79. The summed E-state index contributed by atoms with van der Waals surface area (Å²) in [6.07, 6.45) is 4.68. The van der Waals surface area contributed by atoms with Gasteiger partial charge in [-0.05, 0) is 30.3 Å². The van der Waals surface area contributed by atoms with Gasteiger partial charge in [-0.25, -0.2) is 35.6 Å². The number of anilines is 2. The zero-order valence-electron chi connectivity index (χ0n) is 18.6. The van der Waals surface area contributed by atoms with Crippen molar-refractivity contribution >= 4 is 37.1 Å². The molecule has 15 heteroatoms. The van der Waals surface area contributed by atoms with Crippen LogP contribution in [0, 0.1) is 11.6 Å². The minimum Gasteiger partial charge on any atom is -0.480 e. The van der Waals surface area contributed by atoms with Crippen LogP contribution in [0.25, 0.3) is 16.8 Å². The number of benzene rings is 1. The summed E-state index contributed by atoms with van der Waals surface area (Å²) < 4.78 is 86.3. The van der Waals surface area contributed by atoms with Gasteiger partial charge in [0.1, 0.15) is 33.6 Å². The van der Waals surface area contributed by atoms with Crippen molar-refractivity contribution in [2.75, 3.05) is 22.8 Å². The fraction of sp³-hybridized carbons (Fsp3) is 0.0952. The van der Waals surface area contributed by atoms with Gasteiger partial charge in [-0.1, -0.05) is 0 Å². The number of rotatable bonds is 7. The smallest absolute Gasteiger partial charge is 0.282 e. The molecule has 4 aromatic rings. The number of hydrogen-bond donors (Lipinski definition) is 2. The Morgan fingerprint density at radius 2 is 1.67 bits per heavy atom. The summed E-state index contributed by atoms with van der Waals surface area (Å²) in [5.74, 6) is -2.36. The molecule has 0 fully saturated rings. The second-order valence-electron chi connectivity index (χ2n) is 7.46. The summed E-state index contributed by atoms with van der Waals surface area (Å²) >= 11 is 0. The Hall–Kier alpha value is -4.11. The van der Waals surface area contributed by atoms with E-state index in [0.29, 0.717) is 17.2 Å². The van der Waals surface area contributed by atoms with Crippen molar-refractivity contribution in [2.24, 2.45) is 0 Å². The lowest BCUT2D eigenvalue weighted by Gasteiger charge is -2.13. The quantitative estimate of drug-likeness (QED) is 0.365. The highest BCUT2D eigenvalue weighted by molar-refractivity contribution is 7.92. The van der Waals surface area contributed by atoms with Crippen LogP contribution >= 0.6 is 0 Å². The molecule has 0 unspecified atom stereocenters. The first-order chi connectivity index (χ1) is 16.9. The minimum atomic E-state index is -4.50. The molecule has 0 aliphatic carbocycles. The van der Waals surface area contributed by atoms with E-state index in [-0.39, 0.29) is 22.9 Å². The van der Waals surface area contributed by atoms with Crippen LogP contribution in [0.5, 0.6) is 5.88 Å². The number of pyridine rings is 2. The average Bonchev–Trinajstić information content (AvgIpc) is 2.79. The second-order valence-corrected chi connectivity index (χ2v) is 10.9. The standard InChI is InChI=1S/C21H17F2N5O6S2/c1-34-20-16(27-36(32,33)18-5-4-14(22)8-15(18)23)7-13(9-25-20)12-3-6-19-24-10-17(26-35(2,30)31)21(29)28(19)11-12/h3-11,26-27H,1-2H3. The number of aromatic nitrogens is 3. The molecule has 0 saturated heterocycles. The van der Waals surface area contributed by atoms with Crippen molar-refractivity contribution in [1.29, 1.82) is 0 Å². The fourth-order valence-corrected chi connectivity index (χ4v) is 4.90. The van der Waals surface area contributed by atoms with E-state index in [1.165, 1.54) is 31.6 Å². The molecule has 3 heterocycles. The number of nitrogens with one attached hydrogen (secondary N) is 2. The normalized spacial score (nSPS) is 11.9. The molecule has 4 rings (SSSR count). The number of sulfonamides is 2. The molecule has 0 spiro atoms. The topological polar surface area (TPSA) is 149 Å². The summed E-state index contributed by atoms with van der Waals surface area (Å²) in [6, 6.07) is 6.42.